The predicted molar refractivity (Wildman–Crippen MR) is 63.7 cm³/mol. The number of nitrogens with zero attached hydrogens (tertiary/aromatic N) is 1. The number of carbonyl (C=O) groups excluding carboxylic acids is 1. The molecule has 1 aliphatic rings. The Labute approximate surface area is 100 Å². The zero-order valence-electron chi connectivity index (χ0n) is 9.59. The fraction of sp³-hybridized carbons (Fsp3) is 0.308. The largest absolute Gasteiger partial charge is 0.490 e. The second-order valence-electron chi connectivity index (χ2n) is 3.72. The Balaban J connectivity index is 2.01. The molecule has 1 heterocycles. The van der Waals surface area contributed by atoms with Gasteiger partial charge in [-0.05, 0) is 30.7 Å². The van der Waals surface area contributed by atoms with Crippen molar-refractivity contribution in [3.05, 3.63) is 42.5 Å². The van der Waals surface area contributed by atoms with Crippen LogP contribution in [0.25, 0.3) is 0 Å². The van der Waals surface area contributed by atoms with Gasteiger partial charge in [0.1, 0.15) is 12.4 Å². The summed E-state index contributed by atoms with van der Waals surface area (Å²) in [6.45, 7) is 5.31. The van der Waals surface area contributed by atoms with E-state index in [0.29, 0.717) is 25.3 Å². The maximum Gasteiger partial charge on any atom is 0.277 e. The Morgan fingerprint density at radius 3 is 2.82 bits per heavy atom. The van der Waals surface area contributed by atoms with Gasteiger partial charge in [-0.1, -0.05) is 12.7 Å². The average molecular weight is 233 g/mol. The van der Waals surface area contributed by atoms with Crippen LogP contribution in [0, 0.1) is 0 Å². The number of hydroxylamine groups is 2. The molecule has 1 saturated heterocycles. The summed E-state index contributed by atoms with van der Waals surface area (Å²) in [5.41, 5.74) is 0.609. The van der Waals surface area contributed by atoms with Gasteiger partial charge >= 0.3 is 0 Å². The van der Waals surface area contributed by atoms with Gasteiger partial charge in [-0.25, -0.2) is 5.06 Å². The van der Waals surface area contributed by atoms with Crippen molar-refractivity contribution in [3.8, 4) is 5.75 Å². The van der Waals surface area contributed by atoms with Crippen LogP contribution in [0.2, 0.25) is 0 Å². The fourth-order valence-electron chi connectivity index (χ4n) is 1.60. The number of carbonyl (C=O) groups is 1. The lowest BCUT2D eigenvalue weighted by Gasteiger charge is -2.13. The van der Waals surface area contributed by atoms with Crippen molar-refractivity contribution >= 4 is 5.91 Å². The highest BCUT2D eigenvalue weighted by Crippen LogP contribution is 2.15. The molecule has 4 nitrogen and oxygen atoms in total. The highest BCUT2D eigenvalue weighted by Gasteiger charge is 2.20. The summed E-state index contributed by atoms with van der Waals surface area (Å²) >= 11 is 0. The highest BCUT2D eigenvalue weighted by atomic mass is 16.7. The van der Waals surface area contributed by atoms with Crippen LogP contribution >= 0.6 is 0 Å². The van der Waals surface area contributed by atoms with Gasteiger partial charge < -0.3 is 4.74 Å². The van der Waals surface area contributed by atoms with Gasteiger partial charge in [-0.3, -0.25) is 9.63 Å². The predicted octanol–water partition coefficient (Wildman–Crippen LogP) is 2.03. The van der Waals surface area contributed by atoms with Crippen LogP contribution < -0.4 is 4.74 Å². The van der Waals surface area contributed by atoms with E-state index in [1.165, 1.54) is 5.06 Å². The molecule has 1 aromatic rings. The van der Waals surface area contributed by atoms with Crippen LogP contribution in [0.3, 0.4) is 0 Å². The van der Waals surface area contributed by atoms with E-state index in [0.717, 1.165) is 12.2 Å². The van der Waals surface area contributed by atoms with E-state index in [1.54, 1.807) is 30.3 Å². The van der Waals surface area contributed by atoms with Crippen molar-refractivity contribution in [1.29, 1.82) is 0 Å². The molecule has 0 saturated carbocycles. The molecule has 0 unspecified atom stereocenters. The summed E-state index contributed by atoms with van der Waals surface area (Å²) < 4.78 is 5.34. The Kier molecular flexibility index (Phi) is 3.77. The molecule has 0 aliphatic carbocycles. The van der Waals surface area contributed by atoms with Crippen LogP contribution in [0.5, 0.6) is 5.75 Å². The summed E-state index contributed by atoms with van der Waals surface area (Å²) in [4.78, 5) is 17.1. The summed E-state index contributed by atoms with van der Waals surface area (Å²) in [6, 6.07) is 7.02. The molecule has 2 rings (SSSR count). The third kappa shape index (κ3) is 2.85. The van der Waals surface area contributed by atoms with Crippen LogP contribution in [-0.2, 0) is 4.84 Å². The minimum Gasteiger partial charge on any atom is -0.490 e. The first-order valence-electron chi connectivity index (χ1n) is 5.60. The molecule has 0 spiro atoms. The third-order valence-electron chi connectivity index (χ3n) is 2.45. The lowest BCUT2D eigenvalue weighted by molar-refractivity contribution is -0.0768. The number of ether oxygens (including phenoxy) is 1. The van der Waals surface area contributed by atoms with Crippen molar-refractivity contribution < 1.29 is 14.4 Å². The average Bonchev–Trinajstić information content (AvgIpc) is 2.90. The van der Waals surface area contributed by atoms with E-state index in [9.17, 15) is 4.79 Å². The molecule has 0 bridgehead atoms. The minimum absolute atomic E-state index is 0.0993. The van der Waals surface area contributed by atoms with Gasteiger partial charge in [-0.2, -0.15) is 0 Å². The van der Waals surface area contributed by atoms with Gasteiger partial charge in [0.15, 0.2) is 0 Å². The van der Waals surface area contributed by atoms with E-state index in [1.807, 2.05) is 0 Å². The first kappa shape index (κ1) is 11.7. The maximum atomic E-state index is 11.9. The standard InChI is InChI=1S/C13H15NO3/c1-2-9-16-12-6-4-11(5-7-12)13(15)14-8-3-10-17-14/h2,4-7H,1,3,8-10H2. The van der Waals surface area contributed by atoms with E-state index in [4.69, 9.17) is 9.57 Å². The molecule has 1 amide bonds. The molecule has 17 heavy (non-hydrogen) atoms. The summed E-state index contributed by atoms with van der Waals surface area (Å²) in [7, 11) is 0. The van der Waals surface area contributed by atoms with Gasteiger partial charge in [-0.15, -0.1) is 0 Å². The van der Waals surface area contributed by atoms with Gasteiger partial charge in [0.2, 0.25) is 0 Å². The molecule has 1 aliphatic heterocycles. The zero-order chi connectivity index (χ0) is 12.1. The number of amides is 1. The molecule has 0 N–H and O–H groups in total. The highest BCUT2D eigenvalue weighted by molar-refractivity contribution is 5.93. The Morgan fingerprint density at radius 2 is 2.24 bits per heavy atom. The number of rotatable bonds is 4. The molecule has 4 heteroatoms. The molecule has 1 aromatic carbocycles. The van der Waals surface area contributed by atoms with Gasteiger partial charge in [0.05, 0.1) is 13.2 Å². The lowest BCUT2D eigenvalue weighted by Crippen LogP contribution is -2.26. The van der Waals surface area contributed by atoms with Gasteiger partial charge in [0.25, 0.3) is 5.91 Å². The fourth-order valence-corrected chi connectivity index (χ4v) is 1.60. The number of hydrogen-bond donors (Lipinski definition) is 0. The van der Waals surface area contributed by atoms with Crippen molar-refractivity contribution in [2.75, 3.05) is 19.8 Å². The summed E-state index contributed by atoms with van der Waals surface area (Å²) in [6.07, 6.45) is 2.57. The van der Waals surface area contributed by atoms with Crippen molar-refractivity contribution in [2.24, 2.45) is 0 Å². The third-order valence-corrected chi connectivity index (χ3v) is 2.45. The SMILES string of the molecule is C=CCOc1ccc(C(=O)N2CCCO2)cc1. The monoisotopic (exact) mass is 233 g/mol. The Morgan fingerprint density at radius 1 is 1.47 bits per heavy atom. The van der Waals surface area contributed by atoms with Crippen molar-refractivity contribution in [2.45, 2.75) is 6.42 Å². The number of hydrogen-bond acceptors (Lipinski definition) is 3. The molecule has 0 radical (unpaired) electrons. The van der Waals surface area contributed by atoms with Crippen molar-refractivity contribution in [1.82, 2.24) is 5.06 Å². The summed E-state index contributed by atoms with van der Waals surface area (Å²) in [5, 5.41) is 1.40. The van der Waals surface area contributed by atoms with E-state index in [2.05, 4.69) is 6.58 Å². The van der Waals surface area contributed by atoms with Gasteiger partial charge in [0, 0.05) is 5.56 Å². The Hall–Kier alpha value is -1.81. The van der Waals surface area contributed by atoms with Crippen LogP contribution in [0.1, 0.15) is 16.8 Å². The minimum atomic E-state index is -0.0993. The summed E-state index contributed by atoms with van der Waals surface area (Å²) in [5.74, 6) is 0.626. The van der Waals surface area contributed by atoms with E-state index >= 15 is 0 Å². The second-order valence-corrected chi connectivity index (χ2v) is 3.72. The first-order valence-corrected chi connectivity index (χ1v) is 5.60. The zero-order valence-corrected chi connectivity index (χ0v) is 9.59. The molecule has 0 aromatic heterocycles. The Bertz CT molecular complexity index is 394. The van der Waals surface area contributed by atoms with E-state index < -0.39 is 0 Å². The molecular weight excluding hydrogens is 218 g/mol. The second kappa shape index (κ2) is 5.50. The van der Waals surface area contributed by atoms with Crippen LogP contribution in [0.15, 0.2) is 36.9 Å². The topological polar surface area (TPSA) is 38.8 Å². The van der Waals surface area contributed by atoms with Crippen molar-refractivity contribution in [3.63, 3.8) is 0 Å². The maximum absolute atomic E-state index is 11.9. The lowest BCUT2D eigenvalue weighted by atomic mass is 10.2. The smallest absolute Gasteiger partial charge is 0.277 e. The molecular formula is C13H15NO3. The quantitative estimate of drug-likeness (QED) is 0.747. The molecule has 0 atom stereocenters. The first-order chi connectivity index (χ1) is 8.31. The molecule has 1 fully saturated rings. The van der Waals surface area contributed by atoms with Crippen LogP contribution in [-0.4, -0.2) is 30.7 Å². The molecule has 90 valence electrons. The van der Waals surface area contributed by atoms with Crippen LogP contribution in [0.4, 0.5) is 0 Å². The normalized spacial score (nSPS) is 14.7. The number of benzene rings is 1. The van der Waals surface area contributed by atoms with E-state index in [-0.39, 0.29) is 5.91 Å².